The van der Waals surface area contributed by atoms with Crippen LogP contribution in [-0.4, -0.2) is 14.7 Å². The van der Waals surface area contributed by atoms with Gasteiger partial charge in [-0.1, -0.05) is 42.0 Å². The summed E-state index contributed by atoms with van der Waals surface area (Å²) >= 11 is 0. The molecule has 0 amide bonds. The van der Waals surface area contributed by atoms with Crippen LogP contribution in [0.2, 0.25) is 0 Å². The van der Waals surface area contributed by atoms with Crippen LogP contribution in [0.25, 0.3) is 16.6 Å². The van der Waals surface area contributed by atoms with E-state index in [1.807, 2.05) is 41.0 Å². The summed E-state index contributed by atoms with van der Waals surface area (Å²) in [5.41, 5.74) is 6.87. The average Bonchev–Trinajstić information content (AvgIpc) is 2.99. The molecule has 1 aliphatic rings. The highest BCUT2D eigenvalue weighted by molar-refractivity contribution is 5.77. The van der Waals surface area contributed by atoms with Crippen LogP contribution in [-0.2, 0) is 5.72 Å². The van der Waals surface area contributed by atoms with Gasteiger partial charge in [0, 0.05) is 6.42 Å². The average molecular weight is 330 g/mol. The zero-order valence-electron chi connectivity index (χ0n) is 14.8. The highest BCUT2D eigenvalue weighted by Gasteiger charge is 2.31. The highest BCUT2D eigenvalue weighted by Crippen LogP contribution is 2.37. The third kappa shape index (κ3) is 2.61. The summed E-state index contributed by atoms with van der Waals surface area (Å²) in [6.07, 6.45) is 8.16. The summed E-state index contributed by atoms with van der Waals surface area (Å²) in [4.78, 5) is 4.43. The molecule has 3 nitrogen and oxygen atoms in total. The molecular formula is C22H22N2O. The van der Waals surface area contributed by atoms with E-state index in [0.29, 0.717) is 6.42 Å². The Hall–Kier alpha value is -2.65. The summed E-state index contributed by atoms with van der Waals surface area (Å²) in [5, 5.41) is 11.4. The van der Waals surface area contributed by atoms with Crippen LogP contribution in [0.5, 0.6) is 0 Å². The van der Waals surface area contributed by atoms with Crippen molar-refractivity contribution in [1.82, 2.24) is 9.55 Å². The zero-order chi connectivity index (χ0) is 17.6. The molecule has 0 saturated carbocycles. The van der Waals surface area contributed by atoms with E-state index in [1.165, 1.54) is 22.3 Å². The van der Waals surface area contributed by atoms with E-state index in [4.69, 9.17) is 0 Å². The summed E-state index contributed by atoms with van der Waals surface area (Å²) in [5.74, 6) is 0. The number of benzene rings is 2. The van der Waals surface area contributed by atoms with Crippen LogP contribution in [0.4, 0.5) is 0 Å². The molecule has 126 valence electrons. The highest BCUT2D eigenvalue weighted by atomic mass is 16.3. The molecule has 1 aromatic heterocycles. The molecule has 3 heteroatoms. The molecule has 1 aliphatic carbocycles. The fourth-order valence-electron chi connectivity index (χ4n) is 4.01. The molecule has 1 N–H and O–H groups in total. The predicted molar refractivity (Wildman–Crippen MR) is 102 cm³/mol. The molecule has 0 saturated heterocycles. The Bertz CT molecular complexity index is 1000. The SMILES string of the molecule is Cc1cc(C)c(C2=CC=CC(O)(n3cnc4ccccc43)C2)c(C)c1. The Kier molecular flexibility index (Phi) is 3.62. The van der Waals surface area contributed by atoms with Crippen LogP contribution in [0.15, 0.2) is 61.0 Å². The van der Waals surface area contributed by atoms with Crippen LogP contribution < -0.4 is 0 Å². The predicted octanol–water partition coefficient (Wildman–Crippen LogP) is 4.65. The van der Waals surface area contributed by atoms with Crippen LogP contribution in [0, 0.1) is 20.8 Å². The van der Waals surface area contributed by atoms with Gasteiger partial charge in [0.1, 0.15) is 0 Å². The van der Waals surface area contributed by atoms with Crippen LogP contribution in [0.3, 0.4) is 0 Å². The molecule has 25 heavy (non-hydrogen) atoms. The molecule has 0 spiro atoms. The van der Waals surface area contributed by atoms with Gasteiger partial charge >= 0.3 is 0 Å². The Morgan fingerprint density at radius 3 is 2.56 bits per heavy atom. The normalized spacial score (nSPS) is 20.1. The first-order valence-electron chi connectivity index (χ1n) is 8.59. The Morgan fingerprint density at radius 2 is 1.80 bits per heavy atom. The molecule has 1 atom stereocenters. The summed E-state index contributed by atoms with van der Waals surface area (Å²) in [7, 11) is 0. The quantitative estimate of drug-likeness (QED) is 0.743. The number of hydrogen-bond acceptors (Lipinski definition) is 2. The number of nitrogens with zero attached hydrogens (tertiary/aromatic N) is 2. The minimum atomic E-state index is -1.11. The maximum atomic E-state index is 11.4. The number of aromatic nitrogens is 2. The fourth-order valence-corrected chi connectivity index (χ4v) is 4.01. The molecule has 0 aliphatic heterocycles. The second kappa shape index (κ2) is 5.71. The Labute approximate surface area is 148 Å². The van der Waals surface area contributed by atoms with Gasteiger partial charge in [0.2, 0.25) is 0 Å². The van der Waals surface area contributed by atoms with Crippen molar-refractivity contribution in [1.29, 1.82) is 0 Å². The first-order valence-corrected chi connectivity index (χ1v) is 8.59. The molecule has 2 aromatic carbocycles. The van der Waals surface area contributed by atoms with Crippen molar-refractivity contribution in [3.63, 3.8) is 0 Å². The zero-order valence-corrected chi connectivity index (χ0v) is 14.8. The second-order valence-electron chi connectivity index (χ2n) is 6.98. The van der Waals surface area contributed by atoms with Crippen molar-refractivity contribution in [3.8, 4) is 0 Å². The molecule has 0 fully saturated rings. The number of fused-ring (bicyclic) bond motifs is 1. The number of para-hydroxylation sites is 2. The number of aliphatic hydroxyl groups is 1. The molecular weight excluding hydrogens is 308 g/mol. The van der Waals surface area contributed by atoms with Crippen molar-refractivity contribution in [3.05, 3.63) is 83.2 Å². The van der Waals surface area contributed by atoms with E-state index >= 15 is 0 Å². The van der Waals surface area contributed by atoms with Gasteiger partial charge in [0.25, 0.3) is 0 Å². The van der Waals surface area contributed by atoms with Crippen molar-refractivity contribution in [2.24, 2.45) is 0 Å². The van der Waals surface area contributed by atoms with Gasteiger partial charge in [-0.15, -0.1) is 0 Å². The van der Waals surface area contributed by atoms with Gasteiger partial charge in [-0.25, -0.2) is 4.98 Å². The topological polar surface area (TPSA) is 38.0 Å². The summed E-state index contributed by atoms with van der Waals surface area (Å²) < 4.78 is 1.87. The Balaban J connectivity index is 1.79. The van der Waals surface area contributed by atoms with Crippen LogP contribution in [0.1, 0.15) is 28.7 Å². The lowest BCUT2D eigenvalue weighted by atomic mass is 9.86. The maximum Gasteiger partial charge on any atom is 0.166 e. The van der Waals surface area contributed by atoms with Gasteiger partial charge < -0.3 is 5.11 Å². The lowest BCUT2D eigenvalue weighted by Gasteiger charge is -2.31. The third-order valence-electron chi connectivity index (χ3n) is 4.98. The largest absolute Gasteiger partial charge is 0.367 e. The molecule has 4 rings (SSSR count). The van der Waals surface area contributed by atoms with E-state index in [2.05, 4.69) is 44.0 Å². The minimum absolute atomic E-state index is 0.522. The van der Waals surface area contributed by atoms with Gasteiger partial charge in [0.05, 0.1) is 17.4 Å². The van der Waals surface area contributed by atoms with Crippen molar-refractivity contribution < 1.29 is 5.11 Å². The molecule has 3 aromatic rings. The first kappa shape index (κ1) is 15.9. The standard InChI is InChI=1S/C22H22N2O/c1-15-11-16(2)21(17(3)12-15)18-7-6-10-22(25,13-18)24-14-23-19-8-4-5-9-20(19)24/h4-12,14,25H,13H2,1-3H3. The van der Waals surface area contributed by atoms with E-state index < -0.39 is 5.72 Å². The fraction of sp³-hybridized carbons (Fsp3) is 0.227. The van der Waals surface area contributed by atoms with E-state index in [9.17, 15) is 5.11 Å². The van der Waals surface area contributed by atoms with Crippen molar-refractivity contribution >= 4 is 16.6 Å². The third-order valence-corrected chi connectivity index (χ3v) is 4.98. The van der Waals surface area contributed by atoms with Crippen LogP contribution >= 0.6 is 0 Å². The first-order chi connectivity index (χ1) is 12.0. The molecule has 1 heterocycles. The second-order valence-corrected chi connectivity index (χ2v) is 6.98. The van der Waals surface area contributed by atoms with E-state index in [-0.39, 0.29) is 0 Å². The van der Waals surface area contributed by atoms with Crippen molar-refractivity contribution in [2.75, 3.05) is 0 Å². The van der Waals surface area contributed by atoms with E-state index in [0.717, 1.165) is 16.6 Å². The van der Waals surface area contributed by atoms with Gasteiger partial charge in [0.15, 0.2) is 5.72 Å². The van der Waals surface area contributed by atoms with Gasteiger partial charge in [-0.3, -0.25) is 4.57 Å². The molecule has 0 bridgehead atoms. The molecule has 1 unspecified atom stereocenters. The maximum absolute atomic E-state index is 11.4. The van der Waals surface area contributed by atoms with Crippen molar-refractivity contribution in [2.45, 2.75) is 32.9 Å². The number of hydrogen-bond donors (Lipinski definition) is 1. The molecule has 0 radical (unpaired) electrons. The monoisotopic (exact) mass is 330 g/mol. The summed E-state index contributed by atoms with van der Waals surface area (Å²) in [6, 6.07) is 12.3. The lowest BCUT2D eigenvalue weighted by Crippen LogP contribution is -2.32. The van der Waals surface area contributed by atoms with Gasteiger partial charge in [-0.2, -0.15) is 0 Å². The smallest absolute Gasteiger partial charge is 0.166 e. The Morgan fingerprint density at radius 1 is 1.08 bits per heavy atom. The van der Waals surface area contributed by atoms with Gasteiger partial charge in [-0.05, 0) is 61.2 Å². The van der Waals surface area contributed by atoms with E-state index in [1.54, 1.807) is 6.33 Å². The number of allylic oxidation sites excluding steroid dienone is 2. The number of imidazole rings is 1. The number of rotatable bonds is 2. The number of aryl methyl sites for hydroxylation is 3. The summed E-state index contributed by atoms with van der Waals surface area (Å²) in [6.45, 7) is 6.40. The lowest BCUT2D eigenvalue weighted by molar-refractivity contribution is 0.0219. The minimum Gasteiger partial charge on any atom is -0.367 e.